The molecule has 1 aromatic rings. The minimum atomic E-state index is -1.04. The highest BCUT2D eigenvalue weighted by atomic mass is 79.9. The van der Waals surface area contributed by atoms with Crippen LogP contribution in [0.3, 0.4) is 0 Å². The second kappa shape index (κ2) is 6.03. The number of carbonyl (C=O) groups is 2. The summed E-state index contributed by atoms with van der Waals surface area (Å²) in [7, 11) is 0. The maximum atomic E-state index is 12.0. The standard InChI is InChI=1S/C12H14BrN3O3/c13-10-2-1-8(7-9(10)11(17)18)15-12(19)16-5-3-14-4-6-16/h1-2,7,14H,3-6H2,(H,15,19)(H,17,18). The van der Waals surface area contributed by atoms with E-state index in [1.165, 1.54) is 6.07 Å². The van der Waals surface area contributed by atoms with Crippen LogP contribution in [-0.4, -0.2) is 48.2 Å². The number of anilines is 1. The van der Waals surface area contributed by atoms with Gasteiger partial charge in [-0.15, -0.1) is 0 Å². The summed E-state index contributed by atoms with van der Waals surface area (Å²) in [5, 5.41) is 14.9. The van der Waals surface area contributed by atoms with Gasteiger partial charge in [-0.3, -0.25) is 0 Å². The van der Waals surface area contributed by atoms with E-state index in [0.29, 0.717) is 23.2 Å². The Labute approximate surface area is 118 Å². The summed E-state index contributed by atoms with van der Waals surface area (Å²) in [6.07, 6.45) is 0. The molecule has 1 saturated heterocycles. The van der Waals surface area contributed by atoms with Crippen LogP contribution in [0.2, 0.25) is 0 Å². The molecule has 0 saturated carbocycles. The average Bonchev–Trinajstić information content (AvgIpc) is 2.41. The van der Waals surface area contributed by atoms with Gasteiger partial charge in [-0.2, -0.15) is 0 Å². The highest BCUT2D eigenvalue weighted by Gasteiger charge is 2.17. The zero-order valence-electron chi connectivity index (χ0n) is 10.1. The number of halogens is 1. The van der Waals surface area contributed by atoms with Crippen molar-refractivity contribution in [3.63, 3.8) is 0 Å². The Morgan fingerprint density at radius 2 is 2.00 bits per heavy atom. The van der Waals surface area contributed by atoms with E-state index in [4.69, 9.17) is 5.11 Å². The number of hydrogen-bond donors (Lipinski definition) is 3. The minimum Gasteiger partial charge on any atom is -0.478 e. The van der Waals surface area contributed by atoms with Crippen LogP contribution in [0.25, 0.3) is 0 Å². The lowest BCUT2D eigenvalue weighted by atomic mass is 10.2. The Hall–Kier alpha value is -1.60. The predicted molar refractivity (Wildman–Crippen MR) is 74.6 cm³/mol. The lowest BCUT2D eigenvalue weighted by Crippen LogP contribution is -2.48. The van der Waals surface area contributed by atoms with E-state index in [1.54, 1.807) is 17.0 Å². The molecule has 0 spiro atoms. The first-order valence-electron chi connectivity index (χ1n) is 5.87. The second-order valence-corrected chi connectivity index (χ2v) is 5.02. The van der Waals surface area contributed by atoms with Crippen molar-refractivity contribution in [1.29, 1.82) is 0 Å². The maximum absolute atomic E-state index is 12.0. The van der Waals surface area contributed by atoms with E-state index in [9.17, 15) is 9.59 Å². The number of hydrogen-bond acceptors (Lipinski definition) is 3. The molecule has 0 bridgehead atoms. The number of carboxylic acid groups (broad SMARTS) is 1. The summed E-state index contributed by atoms with van der Waals surface area (Å²) < 4.78 is 0.486. The van der Waals surface area contributed by atoms with Crippen molar-refractivity contribution in [3.8, 4) is 0 Å². The minimum absolute atomic E-state index is 0.123. The molecule has 1 aromatic carbocycles. The number of benzene rings is 1. The van der Waals surface area contributed by atoms with Crippen LogP contribution in [0.1, 0.15) is 10.4 Å². The van der Waals surface area contributed by atoms with Gasteiger partial charge in [0.25, 0.3) is 0 Å². The number of amides is 2. The molecular weight excluding hydrogens is 314 g/mol. The van der Waals surface area contributed by atoms with Crippen LogP contribution in [0.4, 0.5) is 10.5 Å². The van der Waals surface area contributed by atoms with Crippen LogP contribution in [0.15, 0.2) is 22.7 Å². The first-order valence-corrected chi connectivity index (χ1v) is 6.67. The number of aromatic carboxylic acids is 1. The Kier molecular flexibility index (Phi) is 4.39. The molecule has 2 rings (SSSR count). The third kappa shape index (κ3) is 3.45. The zero-order chi connectivity index (χ0) is 13.8. The molecule has 0 unspecified atom stereocenters. The summed E-state index contributed by atoms with van der Waals surface area (Å²) >= 11 is 3.16. The molecule has 1 aliphatic heterocycles. The van der Waals surface area contributed by atoms with E-state index in [-0.39, 0.29) is 11.6 Å². The molecular formula is C12H14BrN3O3. The van der Waals surface area contributed by atoms with Gasteiger partial charge < -0.3 is 20.6 Å². The van der Waals surface area contributed by atoms with Crippen LogP contribution < -0.4 is 10.6 Å². The van der Waals surface area contributed by atoms with Gasteiger partial charge in [0.2, 0.25) is 0 Å². The van der Waals surface area contributed by atoms with E-state index < -0.39 is 5.97 Å². The molecule has 0 aromatic heterocycles. The third-order valence-corrected chi connectivity index (χ3v) is 3.54. The molecule has 2 amide bonds. The summed E-state index contributed by atoms with van der Waals surface area (Å²) in [6, 6.07) is 4.50. The predicted octanol–water partition coefficient (Wildman–Crippen LogP) is 1.58. The fourth-order valence-corrected chi connectivity index (χ4v) is 2.25. The van der Waals surface area contributed by atoms with Crippen molar-refractivity contribution < 1.29 is 14.7 Å². The summed E-state index contributed by atoms with van der Waals surface area (Å²) in [5.74, 6) is -1.04. The van der Waals surface area contributed by atoms with E-state index in [1.807, 2.05) is 0 Å². The van der Waals surface area contributed by atoms with Crippen LogP contribution >= 0.6 is 15.9 Å². The Bertz CT molecular complexity index is 501. The molecule has 1 aliphatic rings. The van der Waals surface area contributed by atoms with Gasteiger partial charge in [0.15, 0.2) is 0 Å². The normalized spacial score (nSPS) is 15.1. The molecule has 7 heteroatoms. The zero-order valence-corrected chi connectivity index (χ0v) is 11.7. The van der Waals surface area contributed by atoms with Crippen molar-refractivity contribution in [2.45, 2.75) is 0 Å². The van der Waals surface area contributed by atoms with Crippen LogP contribution in [-0.2, 0) is 0 Å². The molecule has 6 nitrogen and oxygen atoms in total. The molecule has 102 valence electrons. The van der Waals surface area contributed by atoms with Gasteiger partial charge in [-0.05, 0) is 34.1 Å². The average molecular weight is 328 g/mol. The first kappa shape index (κ1) is 13.8. The van der Waals surface area contributed by atoms with Gasteiger partial charge in [-0.1, -0.05) is 0 Å². The Morgan fingerprint density at radius 3 is 2.63 bits per heavy atom. The lowest BCUT2D eigenvalue weighted by Gasteiger charge is -2.27. The third-order valence-electron chi connectivity index (χ3n) is 2.85. The highest BCUT2D eigenvalue weighted by molar-refractivity contribution is 9.10. The van der Waals surface area contributed by atoms with Crippen LogP contribution in [0.5, 0.6) is 0 Å². The van der Waals surface area contributed by atoms with Gasteiger partial charge in [-0.25, -0.2) is 9.59 Å². The molecule has 3 N–H and O–H groups in total. The van der Waals surface area contributed by atoms with E-state index >= 15 is 0 Å². The smallest absolute Gasteiger partial charge is 0.336 e. The number of carboxylic acids is 1. The SMILES string of the molecule is O=C(O)c1cc(NC(=O)N2CCNCC2)ccc1Br. The number of nitrogens with one attached hydrogen (secondary N) is 2. The summed E-state index contributed by atoms with van der Waals surface area (Å²) in [6.45, 7) is 2.84. The molecule has 1 fully saturated rings. The largest absolute Gasteiger partial charge is 0.478 e. The van der Waals surface area contributed by atoms with Gasteiger partial charge in [0, 0.05) is 36.3 Å². The van der Waals surface area contributed by atoms with Gasteiger partial charge >= 0.3 is 12.0 Å². The van der Waals surface area contributed by atoms with Crippen molar-refractivity contribution in [2.75, 3.05) is 31.5 Å². The maximum Gasteiger partial charge on any atom is 0.336 e. The number of piperazine rings is 1. The highest BCUT2D eigenvalue weighted by Crippen LogP contribution is 2.21. The fourth-order valence-electron chi connectivity index (χ4n) is 1.84. The van der Waals surface area contributed by atoms with Crippen molar-refractivity contribution in [2.24, 2.45) is 0 Å². The van der Waals surface area contributed by atoms with Gasteiger partial charge in [0.05, 0.1) is 5.56 Å². The Balaban J connectivity index is 2.08. The molecule has 0 radical (unpaired) electrons. The monoisotopic (exact) mass is 327 g/mol. The summed E-state index contributed by atoms with van der Waals surface area (Å²) in [4.78, 5) is 24.7. The molecule has 1 heterocycles. The second-order valence-electron chi connectivity index (χ2n) is 4.17. The number of carbonyl (C=O) groups excluding carboxylic acids is 1. The topological polar surface area (TPSA) is 81.7 Å². The molecule has 19 heavy (non-hydrogen) atoms. The lowest BCUT2D eigenvalue weighted by molar-refractivity contribution is 0.0696. The summed E-state index contributed by atoms with van der Waals surface area (Å²) in [5.41, 5.74) is 0.599. The van der Waals surface area contributed by atoms with E-state index in [2.05, 4.69) is 26.6 Å². The van der Waals surface area contributed by atoms with Crippen molar-refractivity contribution >= 4 is 33.6 Å². The van der Waals surface area contributed by atoms with Crippen LogP contribution in [0, 0.1) is 0 Å². The molecule has 0 atom stereocenters. The van der Waals surface area contributed by atoms with Gasteiger partial charge in [0.1, 0.15) is 0 Å². The van der Waals surface area contributed by atoms with Crippen molar-refractivity contribution in [3.05, 3.63) is 28.2 Å². The first-order chi connectivity index (χ1) is 9.08. The molecule has 0 aliphatic carbocycles. The fraction of sp³-hybridized carbons (Fsp3) is 0.333. The Morgan fingerprint density at radius 1 is 1.32 bits per heavy atom. The van der Waals surface area contributed by atoms with E-state index in [0.717, 1.165) is 13.1 Å². The number of rotatable bonds is 2. The number of nitrogens with zero attached hydrogens (tertiary/aromatic N) is 1. The quantitative estimate of drug-likeness (QED) is 0.770. The van der Waals surface area contributed by atoms with Crippen molar-refractivity contribution in [1.82, 2.24) is 10.2 Å². The number of urea groups is 1.